The van der Waals surface area contributed by atoms with Crippen LogP contribution in [-0.4, -0.2) is 41.4 Å². The number of hydrogen-bond acceptors (Lipinski definition) is 2. The number of amides is 1. The van der Waals surface area contributed by atoms with Gasteiger partial charge in [0.1, 0.15) is 5.82 Å². The van der Waals surface area contributed by atoms with E-state index in [1.807, 2.05) is 36.4 Å². The standard InChI is InChI=1S/C32H37FN2O/c1-24-11-8-9-18-30(24)31-23-34(20-25-12-10-15-28(33)19-25)21-27(31)22-35(29-16-6-3-7-17-29)32(36)26-13-4-2-5-14-26/h2,4-5,8-15,18-19,27,29,31H,3,6-7,16-17,20-23H2,1H3/t27-,31+/m1/s1. The summed E-state index contributed by atoms with van der Waals surface area (Å²) in [6.45, 7) is 5.50. The molecule has 5 rings (SSSR count). The molecular formula is C32H37FN2O. The van der Waals surface area contributed by atoms with Crippen molar-refractivity contribution in [3.8, 4) is 0 Å². The van der Waals surface area contributed by atoms with Crippen molar-refractivity contribution in [1.29, 1.82) is 0 Å². The fourth-order valence-corrected chi connectivity index (χ4v) is 6.31. The number of likely N-dealkylation sites (tertiary alicyclic amines) is 1. The van der Waals surface area contributed by atoms with E-state index in [1.165, 1.54) is 36.5 Å². The molecule has 0 unspecified atom stereocenters. The fourth-order valence-electron chi connectivity index (χ4n) is 6.31. The van der Waals surface area contributed by atoms with Gasteiger partial charge >= 0.3 is 0 Å². The zero-order valence-corrected chi connectivity index (χ0v) is 21.3. The molecule has 3 aromatic carbocycles. The number of carbonyl (C=O) groups is 1. The van der Waals surface area contributed by atoms with E-state index >= 15 is 0 Å². The van der Waals surface area contributed by atoms with Crippen molar-refractivity contribution in [1.82, 2.24) is 9.80 Å². The SMILES string of the molecule is Cc1ccccc1[C@H]1CN(Cc2cccc(F)c2)C[C@@H]1CN(C(=O)c1ccccc1)C1CCCCC1. The third-order valence-electron chi connectivity index (χ3n) is 8.13. The topological polar surface area (TPSA) is 23.6 Å². The molecule has 0 N–H and O–H groups in total. The van der Waals surface area contributed by atoms with Crippen molar-refractivity contribution in [3.05, 3.63) is 107 Å². The highest BCUT2D eigenvalue weighted by Crippen LogP contribution is 2.37. The van der Waals surface area contributed by atoms with Gasteiger partial charge in [0.2, 0.25) is 0 Å². The molecule has 36 heavy (non-hydrogen) atoms. The van der Waals surface area contributed by atoms with Gasteiger partial charge in [-0.3, -0.25) is 9.69 Å². The lowest BCUT2D eigenvalue weighted by molar-refractivity contribution is 0.0588. The number of rotatable bonds is 7. The lowest BCUT2D eigenvalue weighted by Crippen LogP contribution is -2.45. The van der Waals surface area contributed by atoms with Crippen LogP contribution in [0, 0.1) is 18.7 Å². The third kappa shape index (κ3) is 5.70. The Bertz CT molecular complexity index is 1160. The van der Waals surface area contributed by atoms with E-state index in [0.29, 0.717) is 17.9 Å². The van der Waals surface area contributed by atoms with Crippen molar-refractivity contribution >= 4 is 5.91 Å². The minimum Gasteiger partial charge on any atom is -0.335 e. The zero-order valence-electron chi connectivity index (χ0n) is 21.3. The van der Waals surface area contributed by atoms with E-state index in [2.05, 4.69) is 41.0 Å². The molecule has 188 valence electrons. The first kappa shape index (κ1) is 24.7. The molecule has 1 saturated carbocycles. The van der Waals surface area contributed by atoms with Crippen LogP contribution in [0.15, 0.2) is 78.9 Å². The molecule has 2 fully saturated rings. The Hall–Kier alpha value is -2.98. The van der Waals surface area contributed by atoms with E-state index in [-0.39, 0.29) is 11.7 Å². The molecule has 1 aliphatic heterocycles. The quantitative estimate of drug-likeness (QED) is 0.367. The molecule has 2 aliphatic rings. The Morgan fingerprint density at radius 3 is 2.42 bits per heavy atom. The lowest BCUT2D eigenvalue weighted by atomic mass is 9.85. The van der Waals surface area contributed by atoms with E-state index in [4.69, 9.17) is 0 Å². The summed E-state index contributed by atoms with van der Waals surface area (Å²) in [5.41, 5.74) is 4.47. The van der Waals surface area contributed by atoms with Crippen LogP contribution in [0.2, 0.25) is 0 Å². The molecule has 1 amide bonds. The molecule has 1 saturated heterocycles. The fraction of sp³-hybridized carbons (Fsp3) is 0.406. The number of nitrogens with zero attached hydrogens (tertiary/aromatic N) is 2. The minimum absolute atomic E-state index is 0.162. The van der Waals surface area contributed by atoms with Crippen LogP contribution in [-0.2, 0) is 6.54 Å². The second kappa shape index (κ2) is 11.4. The summed E-state index contributed by atoms with van der Waals surface area (Å²) >= 11 is 0. The number of hydrogen-bond donors (Lipinski definition) is 0. The second-order valence-corrected chi connectivity index (χ2v) is 10.7. The highest BCUT2D eigenvalue weighted by atomic mass is 19.1. The normalized spacial score (nSPS) is 20.9. The zero-order chi connectivity index (χ0) is 24.9. The molecule has 2 atom stereocenters. The summed E-state index contributed by atoms with van der Waals surface area (Å²) in [6, 6.07) is 25.7. The van der Waals surface area contributed by atoms with Gasteiger partial charge < -0.3 is 4.90 Å². The van der Waals surface area contributed by atoms with Crippen LogP contribution in [0.25, 0.3) is 0 Å². The molecule has 4 heteroatoms. The molecule has 1 heterocycles. The van der Waals surface area contributed by atoms with Crippen LogP contribution in [0.5, 0.6) is 0 Å². The van der Waals surface area contributed by atoms with Gasteiger partial charge in [-0.05, 0) is 66.6 Å². The molecule has 0 spiro atoms. The van der Waals surface area contributed by atoms with Crippen LogP contribution >= 0.6 is 0 Å². The van der Waals surface area contributed by atoms with Crippen molar-refractivity contribution in [2.45, 2.75) is 57.5 Å². The Morgan fingerprint density at radius 1 is 0.917 bits per heavy atom. The highest BCUT2D eigenvalue weighted by molar-refractivity contribution is 5.94. The average Bonchev–Trinajstić information content (AvgIpc) is 3.30. The summed E-state index contributed by atoms with van der Waals surface area (Å²) in [5, 5.41) is 0. The lowest BCUT2D eigenvalue weighted by Gasteiger charge is -2.37. The Morgan fingerprint density at radius 2 is 1.67 bits per heavy atom. The van der Waals surface area contributed by atoms with Crippen LogP contribution in [0.1, 0.15) is 65.1 Å². The second-order valence-electron chi connectivity index (χ2n) is 10.7. The van der Waals surface area contributed by atoms with Gasteiger partial charge in [-0.25, -0.2) is 4.39 Å². The van der Waals surface area contributed by atoms with Crippen LogP contribution in [0.4, 0.5) is 4.39 Å². The number of benzene rings is 3. The van der Waals surface area contributed by atoms with E-state index in [0.717, 1.165) is 50.1 Å². The Kier molecular flexibility index (Phi) is 7.81. The molecule has 0 aromatic heterocycles. The first-order valence-corrected chi connectivity index (χ1v) is 13.5. The predicted octanol–water partition coefficient (Wildman–Crippen LogP) is 6.82. The van der Waals surface area contributed by atoms with E-state index in [1.54, 1.807) is 12.1 Å². The minimum atomic E-state index is -0.185. The van der Waals surface area contributed by atoms with Crippen molar-refractivity contribution in [2.24, 2.45) is 5.92 Å². The molecule has 0 radical (unpaired) electrons. The monoisotopic (exact) mass is 484 g/mol. The maximum Gasteiger partial charge on any atom is 0.254 e. The molecule has 3 nitrogen and oxygen atoms in total. The van der Waals surface area contributed by atoms with Gasteiger partial charge in [0.15, 0.2) is 0 Å². The summed E-state index contributed by atoms with van der Waals surface area (Å²) in [5.74, 6) is 0.647. The molecule has 3 aromatic rings. The van der Waals surface area contributed by atoms with E-state index < -0.39 is 0 Å². The predicted molar refractivity (Wildman–Crippen MR) is 143 cm³/mol. The van der Waals surface area contributed by atoms with Crippen molar-refractivity contribution in [2.75, 3.05) is 19.6 Å². The number of halogens is 1. The summed E-state index contributed by atoms with van der Waals surface area (Å²) < 4.78 is 13.9. The van der Waals surface area contributed by atoms with Gasteiger partial charge in [0.05, 0.1) is 0 Å². The Labute approximate surface area is 214 Å². The number of aryl methyl sites for hydroxylation is 1. The van der Waals surface area contributed by atoms with Gasteiger partial charge in [-0.15, -0.1) is 0 Å². The van der Waals surface area contributed by atoms with Crippen molar-refractivity contribution in [3.63, 3.8) is 0 Å². The molecule has 0 bridgehead atoms. The summed E-state index contributed by atoms with van der Waals surface area (Å²) in [7, 11) is 0. The van der Waals surface area contributed by atoms with Crippen LogP contribution < -0.4 is 0 Å². The summed E-state index contributed by atoms with van der Waals surface area (Å²) in [4.78, 5) is 18.5. The van der Waals surface area contributed by atoms with Gasteiger partial charge in [0, 0.05) is 43.7 Å². The molecular weight excluding hydrogens is 447 g/mol. The maximum absolute atomic E-state index is 13.9. The number of carbonyl (C=O) groups excluding carboxylic acids is 1. The smallest absolute Gasteiger partial charge is 0.254 e. The van der Waals surface area contributed by atoms with Crippen molar-refractivity contribution < 1.29 is 9.18 Å². The third-order valence-corrected chi connectivity index (χ3v) is 8.13. The van der Waals surface area contributed by atoms with Crippen LogP contribution in [0.3, 0.4) is 0 Å². The molecule has 1 aliphatic carbocycles. The first-order valence-electron chi connectivity index (χ1n) is 13.5. The Balaban J connectivity index is 1.43. The van der Waals surface area contributed by atoms with Gasteiger partial charge in [0.25, 0.3) is 5.91 Å². The highest BCUT2D eigenvalue weighted by Gasteiger charge is 2.38. The largest absolute Gasteiger partial charge is 0.335 e. The van der Waals surface area contributed by atoms with Gasteiger partial charge in [-0.2, -0.15) is 0 Å². The summed E-state index contributed by atoms with van der Waals surface area (Å²) in [6.07, 6.45) is 5.84. The average molecular weight is 485 g/mol. The van der Waals surface area contributed by atoms with E-state index in [9.17, 15) is 9.18 Å². The maximum atomic E-state index is 13.9. The first-order chi connectivity index (χ1) is 17.6. The van der Waals surface area contributed by atoms with Gasteiger partial charge in [-0.1, -0.05) is 73.9 Å².